The van der Waals surface area contributed by atoms with Crippen molar-refractivity contribution in [2.75, 3.05) is 18.0 Å². The number of carbonyl (C=O) groups is 1. The highest BCUT2D eigenvalue weighted by molar-refractivity contribution is 5.98. The molecule has 3 heterocycles. The van der Waals surface area contributed by atoms with E-state index in [1.165, 1.54) is 0 Å². The molecule has 2 atom stereocenters. The number of rotatable bonds is 2. The standard InChI is InChI=1S/C24H29N7O2/c1-15-13-31(23(32)33-24(3,4)5)16(2)12-30(15)22-19-9-7-8-18(21(19)26-14-27-22)20-10-17(11-25)29(6)28-20/h7-10,14-16H,12-13H2,1-6H3/t15?,16-/m1/s1. The molecular weight excluding hydrogens is 418 g/mol. The molecule has 0 spiro atoms. The molecule has 0 N–H and O–H groups in total. The molecule has 1 aliphatic heterocycles. The summed E-state index contributed by atoms with van der Waals surface area (Å²) in [5, 5.41) is 14.7. The van der Waals surface area contributed by atoms with E-state index < -0.39 is 5.60 Å². The monoisotopic (exact) mass is 447 g/mol. The number of amides is 1. The number of nitriles is 1. The van der Waals surface area contributed by atoms with Gasteiger partial charge in [0.15, 0.2) is 0 Å². The number of ether oxygens (including phenoxy) is 1. The van der Waals surface area contributed by atoms with Gasteiger partial charge < -0.3 is 14.5 Å². The Morgan fingerprint density at radius 3 is 2.61 bits per heavy atom. The van der Waals surface area contributed by atoms with E-state index in [9.17, 15) is 10.1 Å². The minimum absolute atomic E-state index is 0.0375. The van der Waals surface area contributed by atoms with Gasteiger partial charge in [-0.25, -0.2) is 14.8 Å². The van der Waals surface area contributed by atoms with Gasteiger partial charge >= 0.3 is 6.09 Å². The summed E-state index contributed by atoms with van der Waals surface area (Å²) in [6.45, 7) is 10.9. The van der Waals surface area contributed by atoms with Crippen molar-refractivity contribution in [2.45, 2.75) is 52.3 Å². The number of anilines is 1. The maximum Gasteiger partial charge on any atom is 0.410 e. The predicted octanol–water partition coefficient (Wildman–Crippen LogP) is 3.74. The summed E-state index contributed by atoms with van der Waals surface area (Å²) in [6.07, 6.45) is 1.27. The Kier molecular flexibility index (Phi) is 5.70. The summed E-state index contributed by atoms with van der Waals surface area (Å²) in [5.41, 5.74) is 2.27. The van der Waals surface area contributed by atoms with Crippen LogP contribution in [0.15, 0.2) is 30.6 Å². The minimum Gasteiger partial charge on any atom is -0.444 e. The molecule has 0 aliphatic carbocycles. The Morgan fingerprint density at radius 1 is 1.18 bits per heavy atom. The highest BCUT2D eigenvalue weighted by atomic mass is 16.6. The first kappa shape index (κ1) is 22.5. The van der Waals surface area contributed by atoms with E-state index in [0.717, 1.165) is 22.3 Å². The van der Waals surface area contributed by atoms with Gasteiger partial charge in [-0.2, -0.15) is 10.4 Å². The fourth-order valence-electron chi connectivity index (χ4n) is 4.21. The van der Waals surface area contributed by atoms with E-state index in [0.29, 0.717) is 24.5 Å². The number of para-hydroxylation sites is 1. The van der Waals surface area contributed by atoms with Crippen LogP contribution in [-0.4, -0.2) is 61.5 Å². The molecule has 2 aromatic heterocycles. The molecule has 1 saturated heterocycles. The molecule has 172 valence electrons. The molecule has 0 bridgehead atoms. The number of hydrogen-bond donors (Lipinski definition) is 0. The lowest BCUT2D eigenvalue weighted by atomic mass is 10.0. The fourth-order valence-corrected chi connectivity index (χ4v) is 4.21. The van der Waals surface area contributed by atoms with Gasteiger partial charge in [-0.15, -0.1) is 0 Å². The van der Waals surface area contributed by atoms with Gasteiger partial charge in [0.05, 0.1) is 11.2 Å². The lowest BCUT2D eigenvalue weighted by Crippen LogP contribution is -2.59. The van der Waals surface area contributed by atoms with Crippen molar-refractivity contribution in [3.05, 3.63) is 36.3 Å². The van der Waals surface area contributed by atoms with Crippen LogP contribution >= 0.6 is 0 Å². The van der Waals surface area contributed by atoms with Crippen molar-refractivity contribution < 1.29 is 9.53 Å². The number of carbonyl (C=O) groups excluding carboxylic acids is 1. The van der Waals surface area contributed by atoms with Crippen molar-refractivity contribution in [1.82, 2.24) is 24.6 Å². The molecule has 0 radical (unpaired) electrons. The quantitative estimate of drug-likeness (QED) is 0.590. The average molecular weight is 448 g/mol. The number of piperazine rings is 1. The van der Waals surface area contributed by atoms with E-state index in [4.69, 9.17) is 4.74 Å². The molecule has 9 nitrogen and oxygen atoms in total. The Hall–Kier alpha value is -3.67. The number of aryl methyl sites for hydroxylation is 1. The third kappa shape index (κ3) is 4.33. The van der Waals surface area contributed by atoms with Crippen LogP contribution in [0.3, 0.4) is 0 Å². The number of benzene rings is 1. The minimum atomic E-state index is -0.534. The summed E-state index contributed by atoms with van der Waals surface area (Å²) >= 11 is 0. The summed E-state index contributed by atoms with van der Waals surface area (Å²) in [5.74, 6) is 0.821. The van der Waals surface area contributed by atoms with Crippen LogP contribution in [0.4, 0.5) is 10.6 Å². The number of aromatic nitrogens is 4. The first-order valence-corrected chi connectivity index (χ1v) is 11.0. The summed E-state index contributed by atoms with van der Waals surface area (Å²) < 4.78 is 7.17. The van der Waals surface area contributed by atoms with Crippen LogP contribution in [0.25, 0.3) is 22.2 Å². The van der Waals surface area contributed by atoms with Crippen LogP contribution < -0.4 is 4.90 Å². The van der Waals surface area contributed by atoms with Crippen LogP contribution in [0, 0.1) is 11.3 Å². The average Bonchev–Trinajstić information content (AvgIpc) is 3.13. The van der Waals surface area contributed by atoms with E-state index in [-0.39, 0.29) is 18.2 Å². The molecule has 9 heteroatoms. The van der Waals surface area contributed by atoms with Gasteiger partial charge in [0.2, 0.25) is 0 Å². The van der Waals surface area contributed by atoms with Gasteiger partial charge in [0.1, 0.15) is 29.5 Å². The second kappa shape index (κ2) is 8.35. The zero-order chi connectivity index (χ0) is 23.9. The van der Waals surface area contributed by atoms with Gasteiger partial charge in [-0.1, -0.05) is 12.1 Å². The lowest BCUT2D eigenvalue weighted by molar-refractivity contribution is 0.0130. The van der Waals surface area contributed by atoms with Gasteiger partial charge in [-0.3, -0.25) is 4.68 Å². The normalized spacial score (nSPS) is 18.9. The Balaban J connectivity index is 1.68. The van der Waals surface area contributed by atoms with Crippen molar-refractivity contribution >= 4 is 22.8 Å². The summed E-state index contributed by atoms with van der Waals surface area (Å²) in [6, 6.07) is 9.82. The smallest absolute Gasteiger partial charge is 0.410 e. The second-order valence-electron chi connectivity index (χ2n) is 9.53. The Labute approximate surface area is 193 Å². The maximum absolute atomic E-state index is 12.7. The first-order valence-electron chi connectivity index (χ1n) is 11.0. The molecule has 4 rings (SSSR count). The zero-order valence-electron chi connectivity index (χ0n) is 19.9. The maximum atomic E-state index is 12.7. The molecular formula is C24H29N7O2. The van der Waals surface area contributed by atoms with Crippen molar-refractivity contribution in [2.24, 2.45) is 7.05 Å². The van der Waals surface area contributed by atoms with Gasteiger partial charge in [-0.05, 0) is 40.7 Å². The van der Waals surface area contributed by atoms with E-state index in [2.05, 4.69) is 33.0 Å². The van der Waals surface area contributed by atoms with E-state index in [1.54, 1.807) is 29.0 Å². The molecule has 1 fully saturated rings. The number of fused-ring (bicyclic) bond motifs is 1. The Morgan fingerprint density at radius 2 is 1.94 bits per heavy atom. The molecule has 1 unspecified atom stereocenters. The third-order valence-corrected chi connectivity index (χ3v) is 5.80. The van der Waals surface area contributed by atoms with Gasteiger partial charge in [0.25, 0.3) is 0 Å². The lowest BCUT2D eigenvalue weighted by Gasteiger charge is -2.44. The van der Waals surface area contributed by atoms with Crippen LogP contribution in [0.2, 0.25) is 0 Å². The number of hydrogen-bond acceptors (Lipinski definition) is 7. The van der Waals surface area contributed by atoms with Gasteiger partial charge in [0, 0.05) is 49.2 Å². The third-order valence-electron chi connectivity index (χ3n) is 5.80. The van der Waals surface area contributed by atoms with Crippen LogP contribution in [0.5, 0.6) is 0 Å². The largest absolute Gasteiger partial charge is 0.444 e. The van der Waals surface area contributed by atoms with E-state index in [1.807, 2.05) is 45.9 Å². The topological polar surface area (TPSA) is 100 Å². The molecule has 3 aromatic rings. The van der Waals surface area contributed by atoms with Crippen LogP contribution in [-0.2, 0) is 11.8 Å². The van der Waals surface area contributed by atoms with Crippen molar-refractivity contribution in [3.63, 3.8) is 0 Å². The SMILES string of the molecule is CC1CN(C(=O)OC(C)(C)C)[C@H](C)CN1c1ncnc2c(-c3cc(C#N)n(C)n3)cccc12. The molecule has 1 amide bonds. The highest BCUT2D eigenvalue weighted by Crippen LogP contribution is 2.33. The van der Waals surface area contributed by atoms with Crippen molar-refractivity contribution in [1.29, 1.82) is 5.26 Å². The Bertz CT molecular complexity index is 1240. The summed E-state index contributed by atoms with van der Waals surface area (Å²) in [4.78, 5) is 25.9. The first-order chi connectivity index (χ1) is 15.6. The van der Waals surface area contributed by atoms with E-state index >= 15 is 0 Å². The van der Waals surface area contributed by atoms with Crippen molar-refractivity contribution in [3.8, 4) is 17.3 Å². The molecule has 33 heavy (non-hydrogen) atoms. The summed E-state index contributed by atoms with van der Waals surface area (Å²) in [7, 11) is 1.75. The number of nitrogens with zero attached hydrogens (tertiary/aromatic N) is 7. The highest BCUT2D eigenvalue weighted by Gasteiger charge is 2.35. The van der Waals surface area contributed by atoms with Crippen LogP contribution in [0.1, 0.15) is 40.3 Å². The predicted molar refractivity (Wildman–Crippen MR) is 126 cm³/mol. The molecule has 1 aromatic carbocycles. The fraction of sp³-hybridized carbons (Fsp3) is 0.458. The molecule has 1 aliphatic rings. The molecule has 0 saturated carbocycles. The second-order valence-corrected chi connectivity index (χ2v) is 9.53. The zero-order valence-corrected chi connectivity index (χ0v) is 19.9.